The molecule has 0 aliphatic carbocycles. The van der Waals surface area contributed by atoms with Crippen molar-refractivity contribution in [2.24, 2.45) is 0 Å². The summed E-state index contributed by atoms with van der Waals surface area (Å²) in [6.07, 6.45) is 1.39. The molecule has 0 bridgehead atoms. The number of rotatable bonds is 5. The van der Waals surface area contributed by atoms with Crippen LogP contribution in [0.25, 0.3) is 0 Å². The number of halogens is 1. The van der Waals surface area contributed by atoms with Crippen LogP contribution < -0.4 is 10.6 Å². The molecular formula is C20H29ClN2O4. The van der Waals surface area contributed by atoms with E-state index in [0.29, 0.717) is 24.3 Å². The van der Waals surface area contributed by atoms with Crippen LogP contribution in [0.3, 0.4) is 0 Å². The van der Waals surface area contributed by atoms with Crippen molar-refractivity contribution in [3.05, 3.63) is 34.9 Å². The third-order valence-electron chi connectivity index (χ3n) is 4.36. The van der Waals surface area contributed by atoms with Gasteiger partial charge in [0.1, 0.15) is 17.2 Å². The smallest absolute Gasteiger partial charge is 0.408 e. The van der Waals surface area contributed by atoms with Gasteiger partial charge in [0.15, 0.2) is 0 Å². The van der Waals surface area contributed by atoms with Crippen molar-refractivity contribution in [3.63, 3.8) is 0 Å². The average Bonchev–Trinajstić information content (AvgIpc) is 2.56. The van der Waals surface area contributed by atoms with E-state index in [4.69, 9.17) is 21.1 Å². The second-order valence-electron chi connectivity index (χ2n) is 8.03. The Morgan fingerprint density at radius 2 is 1.81 bits per heavy atom. The van der Waals surface area contributed by atoms with Crippen LogP contribution in [-0.4, -0.2) is 42.4 Å². The lowest BCUT2D eigenvalue weighted by Crippen LogP contribution is -2.50. The van der Waals surface area contributed by atoms with E-state index >= 15 is 0 Å². The molecule has 1 aliphatic heterocycles. The molecule has 27 heavy (non-hydrogen) atoms. The molecule has 0 saturated carbocycles. The van der Waals surface area contributed by atoms with Gasteiger partial charge in [-0.2, -0.15) is 0 Å². The predicted octanol–water partition coefficient (Wildman–Crippen LogP) is 3.46. The Kier molecular flexibility index (Phi) is 7.12. The van der Waals surface area contributed by atoms with Crippen LogP contribution in [0.4, 0.5) is 4.79 Å². The van der Waals surface area contributed by atoms with Crippen LogP contribution in [0.5, 0.6) is 0 Å². The Hall–Kier alpha value is -1.79. The van der Waals surface area contributed by atoms with Crippen molar-refractivity contribution in [1.29, 1.82) is 0 Å². The molecule has 1 saturated heterocycles. The fraction of sp³-hybridized carbons (Fsp3) is 0.600. The molecule has 1 aromatic carbocycles. The lowest BCUT2D eigenvalue weighted by atomic mass is 9.85. The minimum Gasteiger partial charge on any atom is -0.457 e. The monoisotopic (exact) mass is 396 g/mol. The molecule has 0 spiro atoms. The number of alkyl carbamates (subject to hydrolysis) is 1. The van der Waals surface area contributed by atoms with Crippen molar-refractivity contribution in [2.75, 3.05) is 13.1 Å². The standard InChI is InChI=1S/C20H29ClN2O4/c1-14(23-18(25)27-19(2,3)4)17(24)26-20(9-11-22-12-10-20)13-15-5-7-16(21)8-6-15/h5-8,14,22H,9-13H2,1-4H3,(H,23,25). The second kappa shape index (κ2) is 8.93. The maximum atomic E-state index is 12.6. The van der Waals surface area contributed by atoms with E-state index in [-0.39, 0.29) is 0 Å². The van der Waals surface area contributed by atoms with E-state index in [1.54, 1.807) is 27.7 Å². The van der Waals surface area contributed by atoms with Crippen LogP contribution in [-0.2, 0) is 20.7 Å². The quantitative estimate of drug-likeness (QED) is 0.745. The van der Waals surface area contributed by atoms with Crippen molar-refractivity contribution >= 4 is 23.7 Å². The lowest BCUT2D eigenvalue weighted by Gasteiger charge is -2.38. The van der Waals surface area contributed by atoms with Gasteiger partial charge in [0.25, 0.3) is 0 Å². The molecule has 1 fully saturated rings. The summed E-state index contributed by atoms with van der Waals surface area (Å²) in [6.45, 7) is 8.45. The van der Waals surface area contributed by atoms with E-state index in [2.05, 4.69) is 10.6 Å². The summed E-state index contributed by atoms with van der Waals surface area (Å²) >= 11 is 5.96. The van der Waals surface area contributed by atoms with Gasteiger partial charge in [-0.15, -0.1) is 0 Å². The Balaban J connectivity index is 2.02. The number of carbonyl (C=O) groups is 2. The Morgan fingerprint density at radius 3 is 2.37 bits per heavy atom. The molecule has 1 heterocycles. The first-order chi connectivity index (χ1) is 12.6. The predicted molar refractivity (Wildman–Crippen MR) is 105 cm³/mol. The molecule has 1 atom stereocenters. The maximum Gasteiger partial charge on any atom is 0.408 e. The zero-order valence-corrected chi connectivity index (χ0v) is 17.2. The van der Waals surface area contributed by atoms with Crippen LogP contribution in [0.2, 0.25) is 5.02 Å². The highest BCUT2D eigenvalue weighted by atomic mass is 35.5. The molecule has 1 aliphatic rings. The minimum absolute atomic E-state index is 0.461. The molecule has 7 heteroatoms. The zero-order valence-electron chi connectivity index (χ0n) is 16.4. The molecule has 2 N–H and O–H groups in total. The first-order valence-electron chi connectivity index (χ1n) is 9.26. The van der Waals surface area contributed by atoms with Gasteiger partial charge in [0, 0.05) is 24.3 Å². The molecule has 1 aromatic rings. The van der Waals surface area contributed by atoms with Crippen LogP contribution in [0.1, 0.15) is 46.1 Å². The SMILES string of the molecule is CC(NC(=O)OC(C)(C)C)C(=O)OC1(Cc2ccc(Cl)cc2)CCNCC1. The Morgan fingerprint density at radius 1 is 1.22 bits per heavy atom. The highest BCUT2D eigenvalue weighted by Gasteiger charge is 2.37. The van der Waals surface area contributed by atoms with Gasteiger partial charge in [-0.25, -0.2) is 9.59 Å². The Bertz CT molecular complexity index is 649. The maximum absolute atomic E-state index is 12.6. The van der Waals surface area contributed by atoms with Gasteiger partial charge in [-0.05, 0) is 58.5 Å². The first-order valence-corrected chi connectivity index (χ1v) is 9.64. The van der Waals surface area contributed by atoms with E-state index in [1.165, 1.54) is 0 Å². The summed E-state index contributed by atoms with van der Waals surface area (Å²) in [7, 11) is 0. The van der Waals surface area contributed by atoms with E-state index in [0.717, 1.165) is 18.7 Å². The topological polar surface area (TPSA) is 76.7 Å². The summed E-state index contributed by atoms with van der Waals surface area (Å²) in [5, 5.41) is 6.51. The van der Waals surface area contributed by atoms with Gasteiger partial charge in [-0.1, -0.05) is 23.7 Å². The summed E-state index contributed by atoms with van der Waals surface area (Å²) in [4.78, 5) is 24.5. The number of hydrogen-bond donors (Lipinski definition) is 2. The number of nitrogens with one attached hydrogen (secondary N) is 2. The summed E-state index contributed by atoms with van der Waals surface area (Å²) in [5.74, 6) is -0.461. The van der Waals surface area contributed by atoms with Gasteiger partial charge < -0.3 is 20.1 Å². The van der Waals surface area contributed by atoms with Crippen molar-refractivity contribution in [3.8, 4) is 0 Å². The second-order valence-corrected chi connectivity index (χ2v) is 8.46. The van der Waals surface area contributed by atoms with Crippen LogP contribution in [0, 0.1) is 0 Å². The Labute approximate surface area is 165 Å². The minimum atomic E-state index is -0.795. The van der Waals surface area contributed by atoms with Crippen LogP contribution in [0.15, 0.2) is 24.3 Å². The van der Waals surface area contributed by atoms with E-state index < -0.39 is 29.3 Å². The fourth-order valence-corrected chi connectivity index (χ4v) is 3.14. The highest BCUT2D eigenvalue weighted by molar-refractivity contribution is 6.30. The largest absolute Gasteiger partial charge is 0.457 e. The van der Waals surface area contributed by atoms with E-state index in [9.17, 15) is 9.59 Å². The molecule has 150 valence electrons. The average molecular weight is 397 g/mol. The van der Waals surface area contributed by atoms with Gasteiger partial charge in [0.2, 0.25) is 0 Å². The molecule has 0 radical (unpaired) electrons. The molecule has 1 unspecified atom stereocenters. The first kappa shape index (κ1) is 21.5. The van der Waals surface area contributed by atoms with E-state index in [1.807, 2.05) is 24.3 Å². The molecule has 1 amide bonds. The number of piperidine rings is 1. The third kappa shape index (κ3) is 7.03. The normalized spacial score (nSPS) is 17.7. The lowest BCUT2D eigenvalue weighted by molar-refractivity contribution is -0.164. The molecule has 0 aromatic heterocycles. The van der Waals surface area contributed by atoms with Crippen molar-refractivity contribution in [2.45, 2.75) is 64.2 Å². The number of ether oxygens (including phenoxy) is 2. The number of esters is 1. The molecular weight excluding hydrogens is 368 g/mol. The fourth-order valence-electron chi connectivity index (χ4n) is 3.02. The number of amides is 1. The van der Waals surface area contributed by atoms with Gasteiger partial charge in [0.05, 0.1) is 0 Å². The van der Waals surface area contributed by atoms with Crippen molar-refractivity contribution < 1.29 is 19.1 Å². The third-order valence-corrected chi connectivity index (χ3v) is 4.61. The number of carbonyl (C=O) groups excluding carboxylic acids is 2. The summed E-state index contributed by atoms with van der Waals surface area (Å²) in [6, 6.07) is 6.77. The summed E-state index contributed by atoms with van der Waals surface area (Å²) < 4.78 is 11.1. The summed E-state index contributed by atoms with van der Waals surface area (Å²) in [5.41, 5.74) is -0.166. The molecule has 2 rings (SSSR count). The van der Waals surface area contributed by atoms with Gasteiger partial charge >= 0.3 is 12.1 Å². The molecule has 6 nitrogen and oxygen atoms in total. The number of benzene rings is 1. The zero-order chi connectivity index (χ0) is 20.1. The number of hydrogen-bond acceptors (Lipinski definition) is 5. The van der Waals surface area contributed by atoms with Crippen LogP contribution >= 0.6 is 11.6 Å². The van der Waals surface area contributed by atoms with Gasteiger partial charge in [-0.3, -0.25) is 0 Å². The highest BCUT2D eigenvalue weighted by Crippen LogP contribution is 2.29. The van der Waals surface area contributed by atoms with Crippen molar-refractivity contribution in [1.82, 2.24) is 10.6 Å².